The molecule has 1 aromatic carbocycles. The molecule has 3 N–H and O–H groups in total. The van der Waals surface area contributed by atoms with Gasteiger partial charge in [0.2, 0.25) is 5.91 Å². The fourth-order valence-electron chi connectivity index (χ4n) is 1.32. The first-order valence-corrected chi connectivity index (χ1v) is 5.54. The Morgan fingerprint density at radius 1 is 1.29 bits per heavy atom. The molecule has 0 heterocycles. The van der Waals surface area contributed by atoms with Gasteiger partial charge in [-0.15, -0.1) is 0 Å². The van der Waals surface area contributed by atoms with E-state index in [0.717, 1.165) is 12.8 Å². The van der Waals surface area contributed by atoms with E-state index < -0.39 is 5.91 Å². The quantitative estimate of drug-likeness (QED) is 0.695. The first-order valence-electron chi connectivity index (χ1n) is 5.16. The number of nitrogens with one attached hydrogen (secondary N) is 2. The van der Waals surface area contributed by atoms with Crippen LogP contribution >= 0.6 is 11.6 Å². The van der Waals surface area contributed by atoms with Crippen molar-refractivity contribution in [2.45, 2.75) is 12.8 Å². The van der Waals surface area contributed by atoms with Crippen LogP contribution in [0.15, 0.2) is 18.2 Å². The van der Waals surface area contributed by atoms with E-state index in [1.165, 1.54) is 18.2 Å². The van der Waals surface area contributed by atoms with E-state index in [9.17, 15) is 14.7 Å². The first kappa shape index (κ1) is 11.7. The molecule has 0 saturated heterocycles. The maximum absolute atomic E-state index is 11.6. The van der Waals surface area contributed by atoms with Crippen LogP contribution in [0.2, 0.25) is 5.02 Å². The van der Waals surface area contributed by atoms with Gasteiger partial charge in [0, 0.05) is 10.9 Å². The van der Waals surface area contributed by atoms with Gasteiger partial charge in [0.15, 0.2) is 0 Å². The highest BCUT2D eigenvalue weighted by Gasteiger charge is 2.29. The van der Waals surface area contributed by atoms with Crippen LogP contribution in [0.3, 0.4) is 0 Å². The van der Waals surface area contributed by atoms with Crippen LogP contribution in [0.5, 0.6) is 5.75 Å². The zero-order valence-corrected chi connectivity index (χ0v) is 9.62. The van der Waals surface area contributed by atoms with Crippen LogP contribution in [0.1, 0.15) is 23.2 Å². The molecule has 0 atom stereocenters. The highest BCUT2D eigenvalue weighted by molar-refractivity contribution is 6.31. The molecule has 90 valence electrons. The zero-order valence-electron chi connectivity index (χ0n) is 8.87. The summed E-state index contributed by atoms with van der Waals surface area (Å²) in [5.41, 5.74) is 4.55. The van der Waals surface area contributed by atoms with Crippen LogP contribution in [0.4, 0.5) is 0 Å². The highest BCUT2D eigenvalue weighted by atomic mass is 35.5. The number of carbonyl (C=O) groups is 2. The maximum Gasteiger partial charge on any atom is 0.273 e. The molecule has 6 heteroatoms. The van der Waals surface area contributed by atoms with E-state index in [1.807, 2.05) is 0 Å². The minimum atomic E-state index is -0.598. The van der Waals surface area contributed by atoms with E-state index in [1.54, 1.807) is 0 Å². The number of aromatic hydroxyl groups is 1. The molecule has 0 aromatic heterocycles. The Morgan fingerprint density at radius 3 is 2.65 bits per heavy atom. The van der Waals surface area contributed by atoms with Gasteiger partial charge in [0.25, 0.3) is 5.91 Å². The molecule has 1 aliphatic carbocycles. The summed E-state index contributed by atoms with van der Waals surface area (Å²) in [6.07, 6.45) is 1.70. The summed E-state index contributed by atoms with van der Waals surface area (Å²) in [7, 11) is 0. The average Bonchev–Trinajstić information content (AvgIpc) is 3.12. The zero-order chi connectivity index (χ0) is 12.4. The molecular formula is C11H11ClN2O3. The van der Waals surface area contributed by atoms with Crippen molar-refractivity contribution in [2.75, 3.05) is 0 Å². The fourth-order valence-corrected chi connectivity index (χ4v) is 1.50. The van der Waals surface area contributed by atoms with E-state index in [-0.39, 0.29) is 23.1 Å². The summed E-state index contributed by atoms with van der Waals surface area (Å²) >= 11 is 5.71. The van der Waals surface area contributed by atoms with Crippen molar-refractivity contribution in [1.29, 1.82) is 0 Å². The van der Waals surface area contributed by atoms with Crippen LogP contribution in [0, 0.1) is 5.92 Å². The maximum atomic E-state index is 11.6. The number of phenols is 1. The lowest BCUT2D eigenvalue weighted by Crippen LogP contribution is -2.42. The molecule has 5 nitrogen and oxygen atoms in total. The Hall–Kier alpha value is -1.75. The van der Waals surface area contributed by atoms with Crippen LogP contribution in [-0.2, 0) is 4.79 Å². The first-order chi connectivity index (χ1) is 8.08. The number of hydrogen-bond donors (Lipinski definition) is 3. The number of carbonyl (C=O) groups excluding carboxylic acids is 2. The molecule has 0 unspecified atom stereocenters. The van der Waals surface area contributed by atoms with Gasteiger partial charge in [-0.2, -0.15) is 0 Å². The highest BCUT2D eigenvalue weighted by Crippen LogP contribution is 2.28. The smallest absolute Gasteiger partial charge is 0.273 e. The molecule has 1 saturated carbocycles. The molecular weight excluding hydrogens is 244 g/mol. The van der Waals surface area contributed by atoms with E-state index in [0.29, 0.717) is 5.02 Å². The molecule has 0 radical (unpaired) electrons. The van der Waals surface area contributed by atoms with E-state index in [4.69, 9.17) is 11.6 Å². The second kappa shape index (κ2) is 4.63. The van der Waals surface area contributed by atoms with Crippen molar-refractivity contribution in [3.05, 3.63) is 28.8 Å². The topological polar surface area (TPSA) is 78.4 Å². The van der Waals surface area contributed by atoms with Crippen molar-refractivity contribution in [1.82, 2.24) is 10.9 Å². The van der Waals surface area contributed by atoms with Gasteiger partial charge in [0.05, 0.1) is 5.56 Å². The third kappa shape index (κ3) is 2.88. The van der Waals surface area contributed by atoms with Gasteiger partial charge in [0.1, 0.15) is 5.75 Å². The van der Waals surface area contributed by atoms with Gasteiger partial charge >= 0.3 is 0 Å². The predicted octanol–water partition coefficient (Wildman–Crippen LogP) is 1.22. The molecule has 0 bridgehead atoms. The Kier molecular flexibility index (Phi) is 3.19. The van der Waals surface area contributed by atoms with Crippen LogP contribution < -0.4 is 10.9 Å². The summed E-state index contributed by atoms with van der Waals surface area (Å²) in [6.45, 7) is 0. The number of rotatable bonds is 2. The second-order valence-electron chi connectivity index (χ2n) is 3.88. The van der Waals surface area contributed by atoms with Crippen molar-refractivity contribution in [2.24, 2.45) is 5.92 Å². The number of benzene rings is 1. The molecule has 1 fully saturated rings. The number of hydrazine groups is 1. The number of hydrogen-bond acceptors (Lipinski definition) is 3. The Balaban J connectivity index is 1.98. The SMILES string of the molecule is O=C(NNC(=O)C1CC1)c1cc(Cl)ccc1O. The van der Waals surface area contributed by atoms with E-state index in [2.05, 4.69) is 10.9 Å². The summed E-state index contributed by atoms with van der Waals surface area (Å²) in [4.78, 5) is 22.9. The molecule has 0 spiro atoms. The summed E-state index contributed by atoms with van der Waals surface area (Å²) < 4.78 is 0. The van der Waals surface area contributed by atoms with Gasteiger partial charge < -0.3 is 5.11 Å². The fraction of sp³-hybridized carbons (Fsp3) is 0.273. The summed E-state index contributed by atoms with van der Waals surface area (Å²) in [5.74, 6) is -0.991. The lowest BCUT2D eigenvalue weighted by atomic mass is 10.2. The largest absolute Gasteiger partial charge is 0.507 e. The minimum absolute atomic E-state index is 0.00302. The molecule has 0 aliphatic heterocycles. The van der Waals surface area contributed by atoms with Crippen molar-refractivity contribution >= 4 is 23.4 Å². The molecule has 17 heavy (non-hydrogen) atoms. The standard InChI is InChI=1S/C11H11ClN2O3/c12-7-3-4-9(15)8(5-7)11(17)14-13-10(16)6-1-2-6/h3-6,15H,1-2H2,(H,13,16)(H,14,17). The Bertz CT molecular complexity index is 472. The van der Waals surface area contributed by atoms with Crippen molar-refractivity contribution in [3.8, 4) is 5.75 Å². The van der Waals surface area contributed by atoms with Crippen LogP contribution in [-0.4, -0.2) is 16.9 Å². The molecule has 2 amide bonds. The lowest BCUT2D eigenvalue weighted by molar-refractivity contribution is -0.123. The van der Waals surface area contributed by atoms with Gasteiger partial charge in [-0.3, -0.25) is 20.4 Å². The Morgan fingerprint density at radius 2 is 2.00 bits per heavy atom. The minimum Gasteiger partial charge on any atom is -0.507 e. The lowest BCUT2D eigenvalue weighted by Gasteiger charge is -2.08. The van der Waals surface area contributed by atoms with Crippen molar-refractivity contribution < 1.29 is 14.7 Å². The number of amides is 2. The number of halogens is 1. The van der Waals surface area contributed by atoms with Crippen molar-refractivity contribution in [3.63, 3.8) is 0 Å². The van der Waals surface area contributed by atoms with Crippen LogP contribution in [0.25, 0.3) is 0 Å². The third-order valence-electron chi connectivity index (χ3n) is 2.45. The Labute approximate surface area is 103 Å². The number of phenolic OH excluding ortho intramolecular Hbond substituents is 1. The van der Waals surface area contributed by atoms with Gasteiger partial charge in [-0.1, -0.05) is 11.6 Å². The third-order valence-corrected chi connectivity index (χ3v) is 2.69. The molecule has 2 rings (SSSR count). The normalized spacial score (nSPS) is 14.2. The van der Waals surface area contributed by atoms with E-state index >= 15 is 0 Å². The molecule has 1 aromatic rings. The second-order valence-corrected chi connectivity index (χ2v) is 4.32. The summed E-state index contributed by atoms with van der Waals surface area (Å²) in [5, 5.41) is 9.79. The van der Waals surface area contributed by atoms with Gasteiger partial charge in [-0.25, -0.2) is 0 Å². The monoisotopic (exact) mass is 254 g/mol. The molecule has 1 aliphatic rings. The average molecular weight is 255 g/mol. The van der Waals surface area contributed by atoms with Gasteiger partial charge in [-0.05, 0) is 31.0 Å². The predicted molar refractivity (Wildman–Crippen MR) is 61.4 cm³/mol. The summed E-state index contributed by atoms with van der Waals surface area (Å²) in [6, 6.07) is 4.12.